The van der Waals surface area contributed by atoms with Crippen LogP contribution in [0.4, 0.5) is 0 Å². The van der Waals surface area contributed by atoms with E-state index in [1.54, 1.807) is 0 Å². The van der Waals surface area contributed by atoms with Crippen molar-refractivity contribution in [3.63, 3.8) is 0 Å². The lowest BCUT2D eigenvalue weighted by Crippen LogP contribution is -2.56. The van der Waals surface area contributed by atoms with Crippen molar-refractivity contribution >= 4 is 22.7 Å². The van der Waals surface area contributed by atoms with Gasteiger partial charge in [-0.25, -0.2) is 4.79 Å². The van der Waals surface area contributed by atoms with Crippen LogP contribution in [0.2, 0.25) is 0 Å². The zero-order valence-electron chi connectivity index (χ0n) is 16.4. The number of nitrogens with one attached hydrogen (secondary N) is 1. The molecule has 4 bridgehead atoms. The summed E-state index contributed by atoms with van der Waals surface area (Å²) in [6.45, 7) is 0. The molecule has 1 amide bonds. The molecule has 4 fully saturated rings. The second-order valence-corrected chi connectivity index (χ2v) is 10.5. The Morgan fingerprint density at radius 2 is 1.68 bits per heavy atom. The highest BCUT2D eigenvalue weighted by Gasteiger charge is 2.55. The van der Waals surface area contributed by atoms with Crippen LogP contribution in [0.15, 0.2) is 35.2 Å². The normalized spacial score (nSPS) is 32.5. The Hall–Kier alpha value is -1.69. The minimum absolute atomic E-state index is 0.00694. The Kier molecular flexibility index (Phi) is 5.59. The number of carbonyl (C=O) groups is 2. The first kappa shape index (κ1) is 19.6. The third-order valence-electron chi connectivity index (χ3n) is 6.91. The molecule has 28 heavy (non-hydrogen) atoms. The van der Waals surface area contributed by atoms with E-state index in [-0.39, 0.29) is 11.3 Å². The molecule has 5 rings (SSSR count). The van der Waals surface area contributed by atoms with Gasteiger partial charge in [-0.05, 0) is 74.8 Å². The van der Waals surface area contributed by atoms with Crippen molar-refractivity contribution < 1.29 is 18.5 Å². The van der Waals surface area contributed by atoms with Crippen LogP contribution in [0.3, 0.4) is 0 Å². The lowest BCUT2D eigenvalue weighted by molar-refractivity contribution is -0.152. The van der Waals surface area contributed by atoms with E-state index in [1.807, 2.05) is 30.3 Å². The molecule has 0 spiro atoms. The third kappa shape index (κ3) is 3.88. The minimum atomic E-state index is -1.21. The van der Waals surface area contributed by atoms with E-state index in [0.717, 1.165) is 24.2 Å². The summed E-state index contributed by atoms with van der Waals surface area (Å²) < 4.78 is 17.4. The summed E-state index contributed by atoms with van der Waals surface area (Å²) in [5.41, 5.74) is -0.306. The van der Waals surface area contributed by atoms with Gasteiger partial charge in [-0.1, -0.05) is 18.2 Å². The van der Waals surface area contributed by atoms with Gasteiger partial charge in [0.1, 0.15) is 6.04 Å². The van der Waals surface area contributed by atoms with Crippen molar-refractivity contribution in [1.82, 2.24) is 5.32 Å². The molecule has 0 aliphatic heterocycles. The molecule has 152 valence electrons. The standard InChI is InChI=1S/C22H29NO4S/c1-27-20(24)19(7-8-28(26)18-5-3-2-4-6-18)23-21(25)22-12-15-9-16(13-22)11-17(10-15)14-22/h2-6,15-17,19H,7-14H2,1H3,(H,23,25)/t15?,16?,17?,19-,22?,28-/m0/s1. The van der Waals surface area contributed by atoms with Crippen LogP contribution >= 0.6 is 0 Å². The van der Waals surface area contributed by atoms with Gasteiger partial charge in [0.25, 0.3) is 0 Å². The number of benzene rings is 1. The number of carbonyl (C=O) groups excluding carboxylic acids is 2. The van der Waals surface area contributed by atoms with Gasteiger partial charge >= 0.3 is 5.97 Å². The van der Waals surface area contributed by atoms with Gasteiger partial charge in [-0.3, -0.25) is 9.00 Å². The van der Waals surface area contributed by atoms with Gasteiger partial charge in [0, 0.05) is 16.1 Å². The van der Waals surface area contributed by atoms with Gasteiger partial charge < -0.3 is 10.1 Å². The van der Waals surface area contributed by atoms with Crippen LogP contribution in [0.1, 0.15) is 44.9 Å². The highest BCUT2D eigenvalue weighted by molar-refractivity contribution is 7.85. The molecule has 1 aromatic carbocycles. The Labute approximate surface area is 169 Å². The molecule has 0 saturated heterocycles. The summed E-state index contributed by atoms with van der Waals surface area (Å²) in [4.78, 5) is 26.3. The molecule has 1 aromatic rings. The summed E-state index contributed by atoms with van der Waals surface area (Å²) >= 11 is 0. The zero-order valence-corrected chi connectivity index (χ0v) is 17.2. The van der Waals surface area contributed by atoms with E-state index in [9.17, 15) is 13.8 Å². The van der Waals surface area contributed by atoms with Crippen molar-refractivity contribution in [2.24, 2.45) is 23.2 Å². The van der Waals surface area contributed by atoms with Gasteiger partial charge in [-0.15, -0.1) is 0 Å². The molecule has 4 saturated carbocycles. The summed E-state index contributed by atoms with van der Waals surface area (Å²) in [6, 6.07) is 8.47. The van der Waals surface area contributed by atoms with E-state index >= 15 is 0 Å². The maximum Gasteiger partial charge on any atom is 0.328 e. The van der Waals surface area contributed by atoms with Gasteiger partial charge in [-0.2, -0.15) is 0 Å². The first-order valence-corrected chi connectivity index (χ1v) is 11.6. The van der Waals surface area contributed by atoms with Crippen molar-refractivity contribution in [2.45, 2.75) is 55.9 Å². The lowest BCUT2D eigenvalue weighted by atomic mass is 9.49. The van der Waals surface area contributed by atoms with Crippen molar-refractivity contribution in [1.29, 1.82) is 0 Å². The Balaban J connectivity index is 1.41. The topological polar surface area (TPSA) is 72.5 Å². The number of hydrogen-bond acceptors (Lipinski definition) is 4. The molecular weight excluding hydrogens is 374 g/mol. The van der Waals surface area contributed by atoms with Crippen molar-refractivity contribution in [3.05, 3.63) is 30.3 Å². The summed E-state index contributed by atoms with van der Waals surface area (Å²) in [5, 5.41) is 2.98. The fraction of sp³-hybridized carbons (Fsp3) is 0.636. The van der Waals surface area contributed by atoms with Gasteiger partial charge in [0.15, 0.2) is 0 Å². The number of amides is 1. The third-order valence-corrected chi connectivity index (χ3v) is 8.31. The summed E-state index contributed by atoms with van der Waals surface area (Å²) in [5.74, 6) is 1.86. The Bertz CT molecular complexity index is 728. The van der Waals surface area contributed by atoms with Crippen LogP contribution < -0.4 is 5.32 Å². The van der Waals surface area contributed by atoms with Crippen LogP contribution in [-0.2, 0) is 25.1 Å². The molecule has 1 N–H and O–H groups in total. The Morgan fingerprint density at radius 3 is 2.21 bits per heavy atom. The lowest BCUT2D eigenvalue weighted by Gasteiger charge is -2.55. The number of hydrogen-bond donors (Lipinski definition) is 1. The quantitative estimate of drug-likeness (QED) is 0.710. The maximum atomic E-state index is 13.2. The number of ether oxygens (including phenoxy) is 1. The van der Waals surface area contributed by atoms with Gasteiger partial charge in [0.2, 0.25) is 5.91 Å². The van der Waals surface area contributed by atoms with E-state index in [1.165, 1.54) is 26.4 Å². The Morgan fingerprint density at radius 1 is 1.11 bits per heavy atom. The molecule has 4 aliphatic carbocycles. The smallest absolute Gasteiger partial charge is 0.328 e. The SMILES string of the molecule is COC(=O)[C@H](CC[S@](=O)c1ccccc1)NC(=O)C12CC3CC(CC(C3)C1)C2. The van der Waals surface area contributed by atoms with Crippen LogP contribution in [0.25, 0.3) is 0 Å². The second-order valence-electron chi connectivity index (χ2n) is 8.90. The minimum Gasteiger partial charge on any atom is -0.467 e. The molecule has 0 unspecified atom stereocenters. The van der Waals surface area contributed by atoms with Crippen molar-refractivity contribution in [2.75, 3.05) is 12.9 Å². The molecule has 2 atom stereocenters. The second kappa shape index (κ2) is 7.97. The highest BCUT2D eigenvalue weighted by atomic mass is 32.2. The van der Waals surface area contributed by atoms with E-state index in [4.69, 9.17) is 4.74 Å². The molecule has 4 aliphatic rings. The predicted octanol–water partition coefficient (Wildman–Crippen LogP) is 3.06. The van der Waals surface area contributed by atoms with E-state index in [0.29, 0.717) is 29.9 Å². The van der Waals surface area contributed by atoms with Crippen molar-refractivity contribution in [3.8, 4) is 0 Å². The fourth-order valence-electron chi connectivity index (χ4n) is 6.01. The van der Waals surface area contributed by atoms with E-state index in [2.05, 4.69) is 5.32 Å². The fourth-order valence-corrected chi connectivity index (χ4v) is 7.15. The van der Waals surface area contributed by atoms with Crippen LogP contribution in [0.5, 0.6) is 0 Å². The van der Waals surface area contributed by atoms with E-state index < -0.39 is 22.8 Å². The average Bonchev–Trinajstić information content (AvgIpc) is 2.69. The molecule has 0 aromatic heterocycles. The molecular formula is C22H29NO4S. The maximum absolute atomic E-state index is 13.2. The average molecular weight is 404 g/mol. The van der Waals surface area contributed by atoms with Crippen LogP contribution in [-0.4, -0.2) is 35.0 Å². The zero-order chi connectivity index (χ0) is 19.7. The number of esters is 1. The molecule has 0 radical (unpaired) electrons. The van der Waals surface area contributed by atoms with Gasteiger partial charge in [0.05, 0.1) is 17.9 Å². The predicted molar refractivity (Wildman–Crippen MR) is 107 cm³/mol. The number of rotatable bonds is 7. The largest absolute Gasteiger partial charge is 0.467 e. The highest BCUT2D eigenvalue weighted by Crippen LogP contribution is 2.60. The first-order chi connectivity index (χ1) is 13.5. The molecule has 0 heterocycles. The molecule has 6 heteroatoms. The van der Waals surface area contributed by atoms with Crippen LogP contribution in [0, 0.1) is 23.2 Å². The molecule has 5 nitrogen and oxygen atoms in total. The number of methoxy groups -OCH3 is 1. The summed E-state index contributed by atoms with van der Waals surface area (Å²) in [6.07, 6.45) is 6.97. The first-order valence-electron chi connectivity index (χ1n) is 10.3. The monoisotopic (exact) mass is 403 g/mol. The summed E-state index contributed by atoms with van der Waals surface area (Å²) in [7, 11) is 0.127.